The zero-order valence-electron chi connectivity index (χ0n) is 14.8. The van der Waals surface area contributed by atoms with Crippen LogP contribution in [0.5, 0.6) is 0 Å². The Morgan fingerprint density at radius 1 is 1.17 bits per heavy atom. The molecule has 0 radical (unpaired) electrons. The summed E-state index contributed by atoms with van der Waals surface area (Å²) >= 11 is 3.34. The van der Waals surface area contributed by atoms with Crippen LogP contribution in [0.2, 0.25) is 0 Å². The molecule has 1 unspecified atom stereocenters. The number of halogens is 1. The van der Waals surface area contributed by atoms with Crippen LogP contribution in [0.1, 0.15) is 44.5 Å². The second-order valence-corrected chi connectivity index (χ2v) is 7.32. The molecule has 0 aliphatic carbocycles. The summed E-state index contributed by atoms with van der Waals surface area (Å²) < 4.78 is 10.6. The van der Waals surface area contributed by atoms with E-state index in [1.807, 2.05) is 58.0 Å². The van der Waals surface area contributed by atoms with Gasteiger partial charge in [-0.3, -0.25) is 4.79 Å². The van der Waals surface area contributed by atoms with Gasteiger partial charge in [-0.2, -0.15) is 0 Å². The van der Waals surface area contributed by atoms with Crippen molar-refractivity contribution in [3.05, 3.63) is 35.9 Å². The van der Waals surface area contributed by atoms with Gasteiger partial charge in [-0.1, -0.05) is 53.2 Å². The number of carbonyl (C=O) groups is 2. The number of carbonyl (C=O) groups excluding carboxylic acids is 2. The Morgan fingerprint density at radius 3 is 2.33 bits per heavy atom. The van der Waals surface area contributed by atoms with Crippen LogP contribution in [-0.2, 0) is 14.3 Å². The molecule has 6 heteroatoms. The molecule has 1 amide bonds. The van der Waals surface area contributed by atoms with Gasteiger partial charge in [0.2, 0.25) is 0 Å². The highest BCUT2D eigenvalue weighted by molar-refractivity contribution is 9.09. The lowest BCUT2D eigenvalue weighted by Crippen LogP contribution is -2.39. The molecule has 0 aliphatic rings. The van der Waals surface area contributed by atoms with Crippen molar-refractivity contribution in [3.8, 4) is 0 Å². The van der Waals surface area contributed by atoms with Crippen molar-refractivity contribution in [1.29, 1.82) is 0 Å². The monoisotopic (exact) mass is 399 g/mol. The molecule has 1 aromatic carbocycles. The number of alkyl halides is 1. The second-order valence-electron chi connectivity index (χ2n) is 6.41. The summed E-state index contributed by atoms with van der Waals surface area (Å²) in [5.74, 6) is -0.373. The zero-order valence-corrected chi connectivity index (χ0v) is 16.3. The van der Waals surface area contributed by atoms with E-state index < -0.39 is 10.4 Å². The van der Waals surface area contributed by atoms with Gasteiger partial charge >= 0.3 is 12.1 Å². The summed E-state index contributed by atoms with van der Waals surface area (Å²) in [6, 6.07) is 9.32. The SMILES string of the molecule is CCCN(CCOC(=O)C(Br)c1ccccc1)C(=O)OC(C)(C)C. The van der Waals surface area contributed by atoms with Crippen LogP contribution in [0.15, 0.2) is 30.3 Å². The van der Waals surface area contributed by atoms with E-state index in [4.69, 9.17) is 9.47 Å². The van der Waals surface area contributed by atoms with Gasteiger partial charge in [0.05, 0.1) is 6.54 Å². The lowest BCUT2D eigenvalue weighted by molar-refractivity contribution is -0.143. The van der Waals surface area contributed by atoms with Gasteiger partial charge in [0.1, 0.15) is 17.0 Å². The maximum atomic E-state index is 12.1. The van der Waals surface area contributed by atoms with E-state index in [1.54, 1.807) is 4.90 Å². The third-order valence-electron chi connectivity index (χ3n) is 3.05. The number of amides is 1. The Morgan fingerprint density at radius 2 is 1.79 bits per heavy atom. The van der Waals surface area contributed by atoms with Crippen molar-refractivity contribution < 1.29 is 19.1 Å². The van der Waals surface area contributed by atoms with Crippen molar-refractivity contribution in [2.24, 2.45) is 0 Å². The van der Waals surface area contributed by atoms with Crippen molar-refractivity contribution in [2.75, 3.05) is 19.7 Å². The Labute approximate surface area is 152 Å². The van der Waals surface area contributed by atoms with Gasteiger partial charge < -0.3 is 14.4 Å². The summed E-state index contributed by atoms with van der Waals surface area (Å²) in [6.07, 6.45) is 0.414. The molecule has 0 saturated heterocycles. The zero-order chi connectivity index (χ0) is 18.2. The first-order valence-electron chi connectivity index (χ1n) is 8.08. The van der Waals surface area contributed by atoms with E-state index in [0.29, 0.717) is 13.1 Å². The van der Waals surface area contributed by atoms with E-state index in [1.165, 1.54) is 0 Å². The number of esters is 1. The molecule has 5 nitrogen and oxygen atoms in total. The standard InChI is InChI=1S/C18H26BrNO4/c1-5-11-20(17(22)24-18(2,3)4)12-13-23-16(21)15(19)14-9-7-6-8-10-14/h6-10,15H,5,11-13H2,1-4H3. The molecule has 0 aromatic heterocycles. The average molecular weight is 400 g/mol. The highest BCUT2D eigenvalue weighted by atomic mass is 79.9. The number of hydrogen-bond donors (Lipinski definition) is 0. The molecule has 1 rings (SSSR count). The highest BCUT2D eigenvalue weighted by Crippen LogP contribution is 2.23. The summed E-state index contributed by atoms with van der Waals surface area (Å²) in [4.78, 5) is 25.3. The molecule has 24 heavy (non-hydrogen) atoms. The van der Waals surface area contributed by atoms with Crippen LogP contribution >= 0.6 is 15.9 Å². The van der Waals surface area contributed by atoms with E-state index in [0.717, 1.165) is 12.0 Å². The van der Waals surface area contributed by atoms with Gasteiger partial charge in [-0.25, -0.2) is 4.79 Å². The van der Waals surface area contributed by atoms with Gasteiger partial charge in [0, 0.05) is 6.54 Å². The minimum atomic E-state index is -0.548. The highest BCUT2D eigenvalue weighted by Gasteiger charge is 2.23. The maximum absolute atomic E-state index is 12.1. The maximum Gasteiger partial charge on any atom is 0.410 e. The Bertz CT molecular complexity index is 528. The lowest BCUT2D eigenvalue weighted by Gasteiger charge is -2.27. The molecule has 0 heterocycles. The smallest absolute Gasteiger partial charge is 0.410 e. The molecule has 134 valence electrons. The van der Waals surface area contributed by atoms with Crippen LogP contribution in [0.3, 0.4) is 0 Å². The molecule has 0 N–H and O–H groups in total. The van der Waals surface area contributed by atoms with E-state index in [2.05, 4.69) is 15.9 Å². The van der Waals surface area contributed by atoms with Crippen molar-refractivity contribution in [1.82, 2.24) is 4.90 Å². The third kappa shape index (κ3) is 7.34. The summed E-state index contributed by atoms with van der Waals surface area (Å²) in [7, 11) is 0. The van der Waals surface area contributed by atoms with E-state index in [9.17, 15) is 9.59 Å². The first kappa shape index (κ1) is 20.5. The number of hydrogen-bond acceptors (Lipinski definition) is 4. The van der Waals surface area contributed by atoms with Gasteiger partial charge in [0.25, 0.3) is 0 Å². The topological polar surface area (TPSA) is 55.8 Å². The second kappa shape index (κ2) is 9.67. The molecule has 0 spiro atoms. The van der Waals surface area contributed by atoms with Crippen molar-refractivity contribution in [3.63, 3.8) is 0 Å². The van der Waals surface area contributed by atoms with Crippen LogP contribution in [0.4, 0.5) is 4.79 Å². The summed E-state index contributed by atoms with van der Waals surface area (Å²) in [5.41, 5.74) is 0.286. The van der Waals surface area contributed by atoms with Crippen molar-refractivity contribution in [2.45, 2.75) is 44.5 Å². The molecule has 1 aromatic rings. The number of ether oxygens (including phenoxy) is 2. The average Bonchev–Trinajstić information content (AvgIpc) is 2.52. The van der Waals surface area contributed by atoms with Gasteiger partial charge in [-0.15, -0.1) is 0 Å². The lowest BCUT2D eigenvalue weighted by atomic mass is 10.1. The normalized spacial score (nSPS) is 12.4. The fourth-order valence-corrected chi connectivity index (χ4v) is 2.42. The van der Waals surface area contributed by atoms with Crippen LogP contribution in [-0.4, -0.2) is 42.3 Å². The molecular weight excluding hydrogens is 374 g/mol. The molecule has 0 aliphatic heterocycles. The van der Waals surface area contributed by atoms with Crippen LogP contribution in [0, 0.1) is 0 Å². The van der Waals surface area contributed by atoms with Gasteiger partial charge in [0.15, 0.2) is 0 Å². The van der Waals surface area contributed by atoms with Crippen LogP contribution in [0.25, 0.3) is 0 Å². The first-order chi connectivity index (χ1) is 11.2. The molecule has 0 fully saturated rings. The summed E-state index contributed by atoms with van der Waals surface area (Å²) in [5, 5.41) is 0. The molecule has 1 atom stereocenters. The Hall–Kier alpha value is -1.56. The number of rotatable bonds is 7. The quantitative estimate of drug-likeness (QED) is 0.506. The third-order valence-corrected chi connectivity index (χ3v) is 3.95. The minimum absolute atomic E-state index is 0.132. The molecular formula is C18H26BrNO4. The van der Waals surface area contributed by atoms with Crippen LogP contribution < -0.4 is 0 Å². The molecule has 0 saturated carbocycles. The van der Waals surface area contributed by atoms with E-state index >= 15 is 0 Å². The number of nitrogens with zero attached hydrogens (tertiary/aromatic N) is 1. The first-order valence-corrected chi connectivity index (χ1v) is 8.99. The fraction of sp³-hybridized carbons (Fsp3) is 0.556. The molecule has 0 bridgehead atoms. The minimum Gasteiger partial charge on any atom is -0.463 e. The predicted octanol–water partition coefficient (Wildman–Crippen LogP) is 4.31. The summed E-state index contributed by atoms with van der Waals surface area (Å²) in [6.45, 7) is 8.45. The fourth-order valence-electron chi connectivity index (χ4n) is 1.98. The predicted molar refractivity (Wildman–Crippen MR) is 97.2 cm³/mol. The van der Waals surface area contributed by atoms with Gasteiger partial charge in [-0.05, 0) is 32.8 Å². The van der Waals surface area contributed by atoms with E-state index in [-0.39, 0.29) is 18.7 Å². The Balaban J connectivity index is 2.50. The number of benzene rings is 1. The van der Waals surface area contributed by atoms with Crippen molar-refractivity contribution >= 4 is 28.0 Å². The largest absolute Gasteiger partial charge is 0.463 e. The Kier molecular flexibility index (Phi) is 8.25.